The predicted octanol–water partition coefficient (Wildman–Crippen LogP) is 3.02. The van der Waals surface area contributed by atoms with Gasteiger partial charge in [0.15, 0.2) is 5.60 Å². The summed E-state index contributed by atoms with van der Waals surface area (Å²) < 4.78 is 37.3. The van der Waals surface area contributed by atoms with E-state index < -0.39 is 33.0 Å². The van der Waals surface area contributed by atoms with Crippen LogP contribution in [0.3, 0.4) is 0 Å². The average Bonchev–Trinajstić information content (AvgIpc) is 3.92. The second-order valence-corrected chi connectivity index (χ2v) is 16.4. The van der Waals surface area contributed by atoms with Gasteiger partial charge in [-0.05, 0) is 76.1 Å². The largest absolute Gasteiger partial charge is 0.476 e. The van der Waals surface area contributed by atoms with E-state index in [1.54, 1.807) is 25.9 Å². The molecule has 0 bridgehead atoms. The smallest absolute Gasteiger partial charge is 0.270 e. The van der Waals surface area contributed by atoms with Crippen LogP contribution >= 0.6 is 0 Å². The third-order valence-corrected chi connectivity index (χ3v) is 11.6. The molecule has 2 aromatic rings. The molecule has 0 aromatic heterocycles. The number of fused-ring (bicyclic) bond motifs is 1. The van der Waals surface area contributed by atoms with Crippen molar-refractivity contribution in [1.82, 2.24) is 14.9 Å². The van der Waals surface area contributed by atoms with Crippen molar-refractivity contribution in [2.24, 2.45) is 11.8 Å². The zero-order chi connectivity index (χ0) is 35.0. The van der Waals surface area contributed by atoms with Crippen LogP contribution in [0.4, 0.5) is 11.4 Å². The zero-order valence-corrected chi connectivity index (χ0v) is 29.8. The molecule has 1 aliphatic carbocycles. The molecule has 0 radical (unpaired) electrons. The Balaban J connectivity index is 1.20. The van der Waals surface area contributed by atoms with Gasteiger partial charge in [0.25, 0.3) is 5.91 Å². The topological polar surface area (TPSA) is 138 Å². The molecule has 1 saturated carbocycles. The molecule has 0 spiro atoms. The van der Waals surface area contributed by atoms with Gasteiger partial charge in [0.05, 0.1) is 29.3 Å². The summed E-state index contributed by atoms with van der Waals surface area (Å²) in [5, 5.41) is 6.68. The Hall–Kier alpha value is -3.52. The van der Waals surface area contributed by atoms with Gasteiger partial charge >= 0.3 is 0 Å². The van der Waals surface area contributed by atoms with Crippen molar-refractivity contribution in [3.63, 3.8) is 0 Å². The highest BCUT2D eigenvalue weighted by Gasteiger charge is 2.45. The van der Waals surface area contributed by atoms with E-state index in [4.69, 9.17) is 9.47 Å². The van der Waals surface area contributed by atoms with E-state index in [9.17, 15) is 22.8 Å². The van der Waals surface area contributed by atoms with Gasteiger partial charge in [0.1, 0.15) is 5.75 Å². The number of piperidine rings is 2. The lowest BCUT2D eigenvalue weighted by Crippen LogP contribution is -2.57. The fourth-order valence-corrected chi connectivity index (χ4v) is 8.30. The van der Waals surface area contributed by atoms with Gasteiger partial charge in [-0.3, -0.25) is 14.4 Å². The lowest BCUT2D eigenvalue weighted by Gasteiger charge is -2.43. The fourth-order valence-electron chi connectivity index (χ4n) is 7.45. The first-order valence-electron chi connectivity index (χ1n) is 17.3. The molecular formula is C36H49N5O7S. The summed E-state index contributed by atoms with van der Waals surface area (Å²) >= 11 is 0. The standard InChI is InChI=1S/C36H49N5O7S/c1-35(2)34(44)40(17-8-20-47-3)30-22-29(13-14-31(30)48-35)41(28-11-12-28)33(43)26-21-25(23-37-24-26)32(42)38-36(27-9-6-5-7-10-27)15-18-39(19-16-36)49(4,45)46/h5-7,9-10,13-14,22,25-26,28,37H,8,11-12,15-21,23-24H2,1-4H3,(H,38,42)/t25-,26+/m0/s1. The van der Waals surface area contributed by atoms with Crippen molar-refractivity contribution in [1.29, 1.82) is 0 Å². The Morgan fingerprint density at radius 3 is 2.41 bits per heavy atom. The van der Waals surface area contributed by atoms with Crippen molar-refractivity contribution >= 4 is 39.1 Å². The second-order valence-electron chi connectivity index (χ2n) is 14.4. The number of amides is 3. The van der Waals surface area contributed by atoms with E-state index in [0.717, 1.165) is 18.4 Å². The van der Waals surface area contributed by atoms with Crippen LogP contribution in [0.2, 0.25) is 0 Å². The summed E-state index contributed by atoms with van der Waals surface area (Å²) in [5.41, 5.74) is 0.584. The van der Waals surface area contributed by atoms with Gasteiger partial charge < -0.3 is 29.9 Å². The van der Waals surface area contributed by atoms with Gasteiger partial charge in [-0.1, -0.05) is 30.3 Å². The maximum atomic E-state index is 14.3. The molecular weight excluding hydrogens is 646 g/mol. The molecule has 0 unspecified atom stereocenters. The molecule has 2 saturated heterocycles. The van der Waals surface area contributed by atoms with Crippen LogP contribution in [0.15, 0.2) is 48.5 Å². The SMILES string of the molecule is COCCCN1C(=O)C(C)(C)Oc2ccc(N(C(=O)[C@H]3CNC[C@@H](C(=O)NC4(c5ccccc5)CCN(S(C)(=O)=O)CC4)C3)C3CC3)cc21. The van der Waals surface area contributed by atoms with Crippen LogP contribution in [0.5, 0.6) is 5.75 Å². The highest BCUT2D eigenvalue weighted by Crippen LogP contribution is 2.43. The maximum Gasteiger partial charge on any atom is 0.270 e. The van der Waals surface area contributed by atoms with E-state index in [0.29, 0.717) is 82.1 Å². The van der Waals surface area contributed by atoms with Gasteiger partial charge in [-0.2, -0.15) is 0 Å². The molecule has 266 valence electrons. The van der Waals surface area contributed by atoms with Gasteiger partial charge in [0.2, 0.25) is 21.8 Å². The predicted molar refractivity (Wildman–Crippen MR) is 187 cm³/mol. The molecule has 13 heteroatoms. The van der Waals surface area contributed by atoms with Crippen molar-refractivity contribution in [3.05, 3.63) is 54.1 Å². The van der Waals surface area contributed by atoms with Gasteiger partial charge in [-0.15, -0.1) is 0 Å². The lowest BCUT2D eigenvalue weighted by molar-refractivity contribution is -0.133. The fraction of sp³-hybridized carbons (Fsp3) is 0.583. The first-order valence-corrected chi connectivity index (χ1v) is 19.2. The first kappa shape index (κ1) is 35.3. The zero-order valence-electron chi connectivity index (χ0n) is 28.9. The number of nitrogens with one attached hydrogen (secondary N) is 2. The number of hydrogen-bond acceptors (Lipinski definition) is 8. The molecule has 3 heterocycles. The molecule has 12 nitrogen and oxygen atoms in total. The molecule has 2 aromatic carbocycles. The average molecular weight is 696 g/mol. The number of sulfonamides is 1. The molecule has 2 N–H and O–H groups in total. The van der Waals surface area contributed by atoms with Gasteiger partial charge in [0, 0.05) is 58.2 Å². The number of benzene rings is 2. The molecule has 6 rings (SSSR count). The summed E-state index contributed by atoms with van der Waals surface area (Å²) in [6.45, 7) is 6.04. The number of ether oxygens (including phenoxy) is 2. The minimum absolute atomic E-state index is 0.0407. The van der Waals surface area contributed by atoms with Gasteiger partial charge in [-0.25, -0.2) is 12.7 Å². The molecule has 3 aliphatic heterocycles. The Kier molecular flexibility index (Phi) is 10.1. The minimum Gasteiger partial charge on any atom is -0.476 e. The summed E-state index contributed by atoms with van der Waals surface area (Å²) in [7, 11) is -1.71. The highest BCUT2D eigenvalue weighted by atomic mass is 32.2. The van der Waals surface area contributed by atoms with E-state index >= 15 is 0 Å². The van der Waals surface area contributed by atoms with E-state index in [-0.39, 0.29) is 23.8 Å². The normalized spacial score (nSPS) is 23.7. The van der Waals surface area contributed by atoms with E-state index in [2.05, 4.69) is 10.6 Å². The number of hydrogen-bond donors (Lipinski definition) is 2. The highest BCUT2D eigenvalue weighted by molar-refractivity contribution is 7.88. The van der Waals surface area contributed by atoms with Crippen LogP contribution in [0, 0.1) is 11.8 Å². The Labute approximate surface area is 289 Å². The lowest BCUT2D eigenvalue weighted by atomic mass is 9.80. The monoisotopic (exact) mass is 695 g/mol. The van der Waals surface area contributed by atoms with Crippen LogP contribution in [0.25, 0.3) is 0 Å². The second kappa shape index (κ2) is 14.0. The third kappa shape index (κ3) is 7.50. The van der Waals surface area contributed by atoms with Crippen molar-refractivity contribution < 1.29 is 32.3 Å². The quantitative estimate of drug-likeness (QED) is 0.343. The maximum absolute atomic E-state index is 14.3. The number of rotatable bonds is 11. The molecule has 4 aliphatic rings. The molecule has 3 amide bonds. The van der Waals surface area contributed by atoms with Crippen molar-refractivity contribution in [2.45, 2.75) is 69.6 Å². The number of carbonyl (C=O) groups excluding carboxylic acids is 3. The summed E-state index contributed by atoms with van der Waals surface area (Å²) in [6.07, 6.45) is 4.95. The molecule has 49 heavy (non-hydrogen) atoms. The van der Waals surface area contributed by atoms with Crippen LogP contribution in [-0.2, 0) is 34.7 Å². The minimum atomic E-state index is -3.34. The van der Waals surface area contributed by atoms with E-state index in [1.807, 2.05) is 53.4 Å². The van der Waals surface area contributed by atoms with Crippen LogP contribution in [0.1, 0.15) is 57.9 Å². The van der Waals surface area contributed by atoms with Crippen LogP contribution in [-0.4, -0.2) is 94.8 Å². The van der Waals surface area contributed by atoms with E-state index in [1.165, 1.54) is 10.6 Å². The summed E-state index contributed by atoms with van der Waals surface area (Å²) in [5.74, 6) is -0.585. The first-order chi connectivity index (χ1) is 23.3. The van der Waals surface area contributed by atoms with Crippen LogP contribution < -0.4 is 25.2 Å². The molecule has 3 fully saturated rings. The molecule has 2 atom stereocenters. The number of anilines is 2. The number of methoxy groups -OCH3 is 1. The number of carbonyl (C=O) groups is 3. The number of nitrogens with zero attached hydrogens (tertiary/aromatic N) is 3. The third-order valence-electron chi connectivity index (χ3n) is 10.3. The van der Waals surface area contributed by atoms with Crippen molar-refractivity contribution in [2.75, 3.05) is 62.5 Å². The Morgan fingerprint density at radius 2 is 1.76 bits per heavy atom. The summed E-state index contributed by atoms with van der Waals surface area (Å²) in [4.78, 5) is 45.4. The Morgan fingerprint density at radius 1 is 1.06 bits per heavy atom. The van der Waals surface area contributed by atoms with Crippen molar-refractivity contribution in [3.8, 4) is 5.75 Å². The Bertz CT molecular complexity index is 1650. The summed E-state index contributed by atoms with van der Waals surface area (Å²) in [6, 6.07) is 15.4.